The third kappa shape index (κ3) is 6.87. The molecule has 9 heteroatoms. The predicted molar refractivity (Wildman–Crippen MR) is 171 cm³/mol. The third-order valence-electron chi connectivity index (χ3n) is 9.29. The number of nitrogens with one attached hydrogen (secondary N) is 3. The number of carbonyl (C=O) groups excluding carboxylic acids is 2. The largest absolute Gasteiger partial charge is 0.493 e. The first-order valence-corrected chi connectivity index (χ1v) is 15.8. The zero-order valence-corrected chi connectivity index (χ0v) is 26.3. The van der Waals surface area contributed by atoms with Crippen LogP contribution in [0, 0.1) is 17.8 Å². The van der Waals surface area contributed by atoms with Crippen molar-refractivity contribution in [3.63, 3.8) is 0 Å². The van der Waals surface area contributed by atoms with Crippen molar-refractivity contribution in [2.75, 3.05) is 39.7 Å². The Morgan fingerprint density at radius 3 is 2.45 bits per heavy atom. The zero-order chi connectivity index (χ0) is 31.2. The van der Waals surface area contributed by atoms with Gasteiger partial charge in [0.15, 0.2) is 11.5 Å². The van der Waals surface area contributed by atoms with Crippen LogP contribution in [0.5, 0.6) is 17.2 Å². The van der Waals surface area contributed by atoms with E-state index in [1.54, 1.807) is 33.5 Å². The predicted octanol–water partition coefficient (Wildman–Crippen LogP) is 5.16. The summed E-state index contributed by atoms with van der Waals surface area (Å²) in [5.74, 6) is 3.48. The number of benzene rings is 1. The van der Waals surface area contributed by atoms with Crippen molar-refractivity contribution in [3.8, 4) is 28.4 Å². The third-order valence-corrected chi connectivity index (χ3v) is 9.29. The van der Waals surface area contributed by atoms with E-state index in [0.29, 0.717) is 60.6 Å². The first-order chi connectivity index (χ1) is 21.3. The number of carbonyl (C=O) groups is 2. The monoisotopic (exact) mass is 603 g/mol. The topological polar surface area (TPSA) is 115 Å². The van der Waals surface area contributed by atoms with Gasteiger partial charge in [-0.05, 0) is 91.2 Å². The van der Waals surface area contributed by atoms with E-state index in [4.69, 9.17) is 14.2 Å². The Balaban J connectivity index is 1.25. The number of amides is 2. The van der Waals surface area contributed by atoms with Gasteiger partial charge in [-0.2, -0.15) is 0 Å². The molecule has 2 bridgehead atoms. The fourth-order valence-electron chi connectivity index (χ4n) is 7.13. The van der Waals surface area contributed by atoms with Gasteiger partial charge < -0.3 is 30.2 Å². The summed E-state index contributed by atoms with van der Waals surface area (Å²) in [5, 5.41) is 9.47. The summed E-state index contributed by atoms with van der Waals surface area (Å²) in [5.41, 5.74) is 3.67. The molecule has 0 unspecified atom stereocenters. The maximum atomic E-state index is 13.5. The number of aryl methyl sites for hydroxylation is 1. The fourth-order valence-corrected chi connectivity index (χ4v) is 7.13. The molecule has 2 amide bonds. The minimum atomic E-state index is -0.351. The SMILES string of the molecule is COc1cc2c(c(OC)c1OC)-c1ccc(NCCCCCC(=O)NC[C@H]3C[C@H]4C=C[C@H]3C4)c(=O)cc1[C@H](NC(C)=O)CC2. The van der Waals surface area contributed by atoms with Crippen LogP contribution in [0.25, 0.3) is 11.1 Å². The highest BCUT2D eigenvalue weighted by molar-refractivity contribution is 5.83. The molecule has 3 aliphatic carbocycles. The molecular weight excluding hydrogens is 558 g/mol. The van der Waals surface area contributed by atoms with Gasteiger partial charge in [0.25, 0.3) is 0 Å². The van der Waals surface area contributed by atoms with Gasteiger partial charge in [0.2, 0.25) is 23.0 Å². The molecule has 0 saturated heterocycles. The number of fused-ring (bicyclic) bond motifs is 5. The quantitative estimate of drug-likeness (QED) is 0.214. The second-order valence-corrected chi connectivity index (χ2v) is 12.2. The molecule has 5 rings (SSSR count). The van der Waals surface area contributed by atoms with Crippen LogP contribution in [0.2, 0.25) is 0 Å². The Kier molecular flexibility index (Phi) is 10.1. The summed E-state index contributed by atoms with van der Waals surface area (Å²) in [6, 6.07) is 6.94. The summed E-state index contributed by atoms with van der Waals surface area (Å²) in [7, 11) is 4.74. The van der Waals surface area contributed by atoms with Crippen LogP contribution >= 0.6 is 0 Å². The first-order valence-electron chi connectivity index (χ1n) is 15.8. The Morgan fingerprint density at radius 1 is 0.955 bits per heavy atom. The second-order valence-electron chi connectivity index (χ2n) is 12.2. The van der Waals surface area contributed by atoms with Crippen LogP contribution in [0.1, 0.15) is 69.0 Å². The summed E-state index contributed by atoms with van der Waals surface area (Å²) < 4.78 is 17.1. The average Bonchev–Trinajstić information content (AvgIpc) is 3.57. The lowest BCUT2D eigenvalue weighted by Gasteiger charge is -2.19. The molecule has 0 spiro atoms. The molecule has 0 heterocycles. The van der Waals surface area contributed by atoms with Crippen molar-refractivity contribution in [2.24, 2.45) is 17.8 Å². The van der Waals surface area contributed by atoms with E-state index in [1.165, 1.54) is 19.8 Å². The molecule has 2 aromatic carbocycles. The van der Waals surface area contributed by atoms with Gasteiger partial charge in [-0.25, -0.2) is 0 Å². The van der Waals surface area contributed by atoms with E-state index in [9.17, 15) is 14.4 Å². The molecule has 0 aromatic heterocycles. The Bertz CT molecular complexity index is 1470. The maximum absolute atomic E-state index is 13.5. The first kappa shape index (κ1) is 31.4. The van der Waals surface area contributed by atoms with Gasteiger partial charge in [0.1, 0.15) is 0 Å². The van der Waals surface area contributed by atoms with Gasteiger partial charge in [-0.1, -0.05) is 24.6 Å². The second kappa shape index (κ2) is 14.2. The minimum absolute atomic E-state index is 0.127. The lowest BCUT2D eigenvalue weighted by molar-refractivity contribution is -0.121. The van der Waals surface area contributed by atoms with Crippen molar-refractivity contribution in [2.45, 2.75) is 64.3 Å². The molecule has 236 valence electrons. The van der Waals surface area contributed by atoms with Crippen LogP contribution in [-0.2, 0) is 16.0 Å². The van der Waals surface area contributed by atoms with Crippen LogP contribution in [0.4, 0.5) is 5.69 Å². The van der Waals surface area contributed by atoms with Gasteiger partial charge in [0.05, 0.1) is 33.1 Å². The molecule has 0 aliphatic heterocycles. The molecule has 9 nitrogen and oxygen atoms in total. The number of hydrogen-bond donors (Lipinski definition) is 3. The molecule has 1 saturated carbocycles. The van der Waals surface area contributed by atoms with Gasteiger partial charge in [-0.15, -0.1) is 0 Å². The zero-order valence-electron chi connectivity index (χ0n) is 26.3. The Morgan fingerprint density at radius 2 is 1.77 bits per heavy atom. The molecule has 0 radical (unpaired) electrons. The molecule has 4 atom stereocenters. The van der Waals surface area contributed by atoms with Crippen molar-refractivity contribution >= 4 is 17.5 Å². The highest BCUT2D eigenvalue weighted by atomic mass is 16.5. The Labute approximate surface area is 259 Å². The summed E-state index contributed by atoms with van der Waals surface area (Å²) >= 11 is 0. The number of anilines is 1. The summed E-state index contributed by atoms with van der Waals surface area (Å²) in [6.07, 6.45) is 11.4. The van der Waals surface area contributed by atoms with Crippen LogP contribution in [0.3, 0.4) is 0 Å². The maximum Gasteiger partial charge on any atom is 0.220 e. The van der Waals surface area contributed by atoms with Gasteiger partial charge in [0, 0.05) is 32.0 Å². The van der Waals surface area contributed by atoms with Crippen LogP contribution < -0.4 is 35.6 Å². The molecule has 2 aromatic rings. The molecule has 3 N–H and O–H groups in total. The number of rotatable bonds is 13. The summed E-state index contributed by atoms with van der Waals surface area (Å²) in [6.45, 7) is 2.88. The van der Waals surface area contributed by atoms with Crippen molar-refractivity contribution in [1.82, 2.24) is 10.6 Å². The van der Waals surface area contributed by atoms with Crippen molar-refractivity contribution in [3.05, 3.63) is 57.8 Å². The smallest absolute Gasteiger partial charge is 0.220 e. The van der Waals surface area contributed by atoms with E-state index >= 15 is 0 Å². The van der Waals surface area contributed by atoms with E-state index in [-0.39, 0.29) is 23.3 Å². The van der Waals surface area contributed by atoms with Gasteiger partial charge in [-0.3, -0.25) is 14.4 Å². The highest BCUT2D eigenvalue weighted by Gasteiger charge is 2.35. The van der Waals surface area contributed by atoms with Crippen LogP contribution in [-0.4, -0.2) is 46.2 Å². The Hall–Kier alpha value is -4.01. The van der Waals surface area contributed by atoms with Crippen molar-refractivity contribution < 1.29 is 23.8 Å². The van der Waals surface area contributed by atoms with E-state index < -0.39 is 0 Å². The molecular formula is C35H45N3O6. The standard InChI is InChI=1S/C35H45N3O6/c1-21(39)38-28-13-11-24-18-31(42-2)34(43-3)35(44-4)33(24)26-12-14-29(30(40)19-27(26)28)36-15-7-5-6-8-32(41)37-20-25-17-22-9-10-23(25)16-22/h9-10,12,14,18-19,22-23,25,28H,5-8,11,13,15-17,20H2,1-4H3,(H,36,40)(H,37,41)(H,38,39)/t22-,23-,25+,28+/m0/s1. The number of allylic oxidation sites excluding steroid dienone is 2. The van der Waals surface area contributed by atoms with E-state index in [1.807, 2.05) is 12.1 Å². The molecule has 3 aliphatic rings. The highest BCUT2D eigenvalue weighted by Crippen LogP contribution is 2.50. The number of methoxy groups -OCH3 is 3. The molecule has 1 fully saturated rings. The van der Waals surface area contributed by atoms with Gasteiger partial charge >= 0.3 is 0 Å². The molecule has 44 heavy (non-hydrogen) atoms. The number of ether oxygens (including phenoxy) is 3. The van der Waals surface area contributed by atoms with Crippen molar-refractivity contribution in [1.29, 1.82) is 0 Å². The lowest BCUT2D eigenvalue weighted by atomic mass is 9.93. The van der Waals surface area contributed by atoms with E-state index in [2.05, 4.69) is 28.1 Å². The average molecular weight is 604 g/mol. The number of unbranched alkanes of at least 4 members (excludes halogenated alkanes) is 2. The fraction of sp³-hybridized carbons (Fsp3) is 0.514. The summed E-state index contributed by atoms with van der Waals surface area (Å²) in [4.78, 5) is 38.0. The normalized spacial score (nSPS) is 21.1. The van der Waals surface area contributed by atoms with Crippen LogP contribution in [0.15, 0.2) is 41.2 Å². The lowest BCUT2D eigenvalue weighted by Crippen LogP contribution is -2.30. The number of hydrogen-bond acceptors (Lipinski definition) is 7. The minimum Gasteiger partial charge on any atom is -0.493 e. The van der Waals surface area contributed by atoms with E-state index in [0.717, 1.165) is 54.0 Å².